The minimum Gasteiger partial charge on any atom is -0.349 e. The Morgan fingerprint density at radius 3 is 2.75 bits per heavy atom. The molecule has 1 heterocycles. The summed E-state index contributed by atoms with van der Waals surface area (Å²) < 4.78 is 1.41. The normalized spacial score (nSPS) is 25.4. The predicted octanol–water partition coefficient (Wildman–Crippen LogP) is 1.19. The molecular weight excluding hydrogens is 256 g/mol. The van der Waals surface area contributed by atoms with Gasteiger partial charge in [0.05, 0.1) is 6.54 Å². The summed E-state index contributed by atoms with van der Waals surface area (Å²) in [5.74, 6) is 1.25. The first-order valence-electron chi connectivity index (χ1n) is 7.16. The van der Waals surface area contributed by atoms with Crippen LogP contribution in [-0.2, 0) is 18.4 Å². The zero-order chi connectivity index (χ0) is 14.9. The fourth-order valence-corrected chi connectivity index (χ4v) is 3.39. The summed E-state index contributed by atoms with van der Waals surface area (Å²) in [4.78, 5) is 23.5. The lowest BCUT2D eigenvalue weighted by Gasteiger charge is -2.38. The van der Waals surface area contributed by atoms with Crippen molar-refractivity contribution in [2.24, 2.45) is 24.3 Å². The van der Waals surface area contributed by atoms with Crippen molar-refractivity contribution < 1.29 is 4.79 Å². The van der Waals surface area contributed by atoms with Gasteiger partial charge in [-0.2, -0.15) is 5.10 Å². The molecule has 1 saturated carbocycles. The molecule has 1 aromatic rings. The molecule has 1 aliphatic rings. The minimum atomic E-state index is -0.262. The highest BCUT2D eigenvalue weighted by atomic mass is 16.2. The van der Waals surface area contributed by atoms with E-state index < -0.39 is 0 Å². The average Bonchev–Trinajstić information content (AvgIpc) is 2.64. The second-order valence-electron chi connectivity index (χ2n) is 6.83. The van der Waals surface area contributed by atoms with E-state index in [1.54, 1.807) is 7.05 Å². The number of rotatable bonds is 3. The summed E-state index contributed by atoms with van der Waals surface area (Å²) >= 11 is 0. The lowest BCUT2D eigenvalue weighted by molar-refractivity contribution is -0.128. The minimum absolute atomic E-state index is 0.0599. The molecule has 0 aromatic carbocycles. The maximum Gasteiger partial charge on any atom is 0.343 e. The van der Waals surface area contributed by atoms with Gasteiger partial charge in [0.15, 0.2) is 5.82 Å². The second-order valence-corrected chi connectivity index (χ2v) is 6.83. The van der Waals surface area contributed by atoms with E-state index in [1.165, 1.54) is 11.0 Å². The van der Waals surface area contributed by atoms with Crippen LogP contribution in [0.15, 0.2) is 4.79 Å². The van der Waals surface area contributed by atoms with E-state index >= 15 is 0 Å². The van der Waals surface area contributed by atoms with Crippen molar-refractivity contribution in [1.82, 2.24) is 20.1 Å². The Labute approximate surface area is 119 Å². The van der Waals surface area contributed by atoms with Gasteiger partial charge in [0.2, 0.25) is 5.91 Å². The Morgan fingerprint density at radius 1 is 1.50 bits per heavy atom. The highest BCUT2D eigenvalue weighted by Crippen LogP contribution is 2.41. The smallest absolute Gasteiger partial charge is 0.343 e. The quantitative estimate of drug-likeness (QED) is 0.872. The van der Waals surface area contributed by atoms with E-state index in [0.29, 0.717) is 18.3 Å². The molecule has 6 heteroatoms. The van der Waals surface area contributed by atoms with Gasteiger partial charge < -0.3 is 5.32 Å². The summed E-state index contributed by atoms with van der Waals surface area (Å²) in [6, 6.07) is 0. The molecule has 112 valence electrons. The lowest BCUT2D eigenvalue weighted by Crippen LogP contribution is -2.38. The third kappa shape index (κ3) is 3.29. The number of carbonyl (C=O) groups excluding carboxylic acids is 1. The molecule has 0 spiro atoms. The summed E-state index contributed by atoms with van der Waals surface area (Å²) in [5.41, 5.74) is -0.0412. The van der Waals surface area contributed by atoms with Crippen LogP contribution < -0.4 is 11.0 Å². The molecule has 2 unspecified atom stereocenters. The second kappa shape index (κ2) is 5.42. The molecular formula is C14H24N4O2. The molecule has 6 nitrogen and oxygen atoms in total. The SMILES string of the molecule is CC1CC(C(=O)NCc2n[nH]c(=O)n2C)CC(C)(C)C1. The molecule has 1 aliphatic carbocycles. The van der Waals surface area contributed by atoms with Crippen LogP contribution in [0.4, 0.5) is 0 Å². The standard InChI is InChI=1S/C14H24N4O2/c1-9-5-10(7-14(2,3)6-9)12(19)15-8-11-16-17-13(20)18(11)4/h9-10H,5-8H2,1-4H3,(H,15,19)(H,17,20). The Hall–Kier alpha value is -1.59. The van der Waals surface area contributed by atoms with Crippen molar-refractivity contribution >= 4 is 5.91 Å². The predicted molar refractivity (Wildman–Crippen MR) is 76.0 cm³/mol. The molecule has 1 fully saturated rings. The van der Waals surface area contributed by atoms with Crippen molar-refractivity contribution in [1.29, 1.82) is 0 Å². The summed E-state index contributed by atoms with van der Waals surface area (Å²) in [5, 5.41) is 9.15. The van der Waals surface area contributed by atoms with Gasteiger partial charge >= 0.3 is 5.69 Å². The van der Waals surface area contributed by atoms with Gasteiger partial charge in [0.25, 0.3) is 0 Å². The van der Waals surface area contributed by atoms with E-state index in [9.17, 15) is 9.59 Å². The number of aromatic nitrogens is 3. The number of nitrogens with one attached hydrogen (secondary N) is 2. The van der Waals surface area contributed by atoms with Crippen LogP contribution in [0.25, 0.3) is 0 Å². The van der Waals surface area contributed by atoms with Gasteiger partial charge in [0, 0.05) is 13.0 Å². The first kappa shape index (κ1) is 14.8. The third-order valence-electron chi connectivity index (χ3n) is 4.15. The number of carbonyl (C=O) groups is 1. The van der Waals surface area contributed by atoms with Crippen LogP contribution in [0.1, 0.15) is 45.9 Å². The largest absolute Gasteiger partial charge is 0.349 e. The van der Waals surface area contributed by atoms with Gasteiger partial charge in [-0.05, 0) is 30.6 Å². The Balaban J connectivity index is 1.95. The van der Waals surface area contributed by atoms with Crippen molar-refractivity contribution in [2.45, 2.75) is 46.6 Å². The van der Waals surface area contributed by atoms with Gasteiger partial charge in [0.1, 0.15) is 0 Å². The third-order valence-corrected chi connectivity index (χ3v) is 4.15. The zero-order valence-corrected chi connectivity index (χ0v) is 12.7. The van der Waals surface area contributed by atoms with Crippen molar-refractivity contribution in [2.75, 3.05) is 0 Å². The number of hydrogen-bond acceptors (Lipinski definition) is 3. The van der Waals surface area contributed by atoms with Gasteiger partial charge in [-0.3, -0.25) is 9.36 Å². The van der Waals surface area contributed by atoms with Gasteiger partial charge in [-0.25, -0.2) is 9.89 Å². The lowest BCUT2D eigenvalue weighted by atomic mass is 9.68. The maximum absolute atomic E-state index is 12.3. The molecule has 1 aromatic heterocycles. The van der Waals surface area contributed by atoms with E-state index in [4.69, 9.17) is 0 Å². The van der Waals surface area contributed by atoms with Gasteiger partial charge in [-0.1, -0.05) is 20.8 Å². The van der Waals surface area contributed by atoms with Crippen molar-refractivity contribution in [3.05, 3.63) is 16.3 Å². The molecule has 2 atom stereocenters. The highest BCUT2D eigenvalue weighted by molar-refractivity contribution is 5.78. The Bertz CT molecular complexity index is 544. The van der Waals surface area contributed by atoms with E-state index in [2.05, 4.69) is 36.3 Å². The van der Waals surface area contributed by atoms with Crippen molar-refractivity contribution in [3.8, 4) is 0 Å². The molecule has 0 aliphatic heterocycles. The average molecular weight is 280 g/mol. The topological polar surface area (TPSA) is 79.8 Å². The number of aromatic amines is 1. The van der Waals surface area contributed by atoms with E-state index in [-0.39, 0.29) is 22.9 Å². The van der Waals surface area contributed by atoms with Crippen LogP contribution in [0, 0.1) is 17.3 Å². The van der Waals surface area contributed by atoms with E-state index in [1.807, 2.05) is 0 Å². The Kier molecular flexibility index (Phi) is 4.01. The van der Waals surface area contributed by atoms with Gasteiger partial charge in [-0.15, -0.1) is 0 Å². The molecule has 0 bridgehead atoms. The number of nitrogens with zero attached hydrogens (tertiary/aromatic N) is 2. The van der Waals surface area contributed by atoms with Crippen molar-refractivity contribution in [3.63, 3.8) is 0 Å². The zero-order valence-electron chi connectivity index (χ0n) is 12.7. The van der Waals surface area contributed by atoms with Crippen LogP contribution in [-0.4, -0.2) is 20.7 Å². The van der Waals surface area contributed by atoms with Crippen LogP contribution in [0.5, 0.6) is 0 Å². The van der Waals surface area contributed by atoms with E-state index in [0.717, 1.165) is 12.8 Å². The molecule has 2 rings (SSSR count). The number of amides is 1. The summed E-state index contributed by atoms with van der Waals surface area (Å²) in [7, 11) is 1.64. The summed E-state index contributed by atoms with van der Waals surface area (Å²) in [6.45, 7) is 6.94. The van der Waals surface area contributed by atoms with Crippen LogP contribution in [0.2, 0.25) is 0 Å². The number of H-pyrrole nitrogens is 1. The maximum atomic E-state index is 12.3. The molecule has 0 radical (unpaired) electrons. The summed E-state index contributed by atoms with van der Waals surface area (Å²) in [6.07, 6.45) is 3.03. The monoisotopic (exact) mass is 280 g/mol. The fourth-order valence-electron chi connectivity index (χ4n) is 3.39. The first-order chi connectivity index (χ1) is 9.28. The van der Waals surface area contributed by atoms with Crippen LogP contribution >= 0.6 is 0 Å². The molecule has 1 amide bonds. The Morgan fingerprint density at radius 2 is 2.20 bits per heavy atom. The molecule has 20 heavy (non-hydrogen) atoms. The van der Waals surface area contributed by atoms with Crippen LogP contribution in [0.3, 0.4) is 0 Å². The highest BCUT2D eigenvalue weighted by Gasteiger charge is 2.35. The molecule has 2 N–H and O–H groups in total. The number of hydrogen-bond donors (Lipinski definition) is 2. The first-order valence-corrected chi connectivity index (χ1v) is 7.16. The molecule has 0 saturated heterocycles. The fraction of sp³-hybridized carbons (Fsp3) is 0.786.